The van der Waals surface area contributed by atoms with Gasteiger partial charge in [0.15, 0.2) is 0 Å². The number of benzene rings is 1. The van der Waals surface area contributed by atoms with Gasteiger partial charge in [-0.25, -0.2) is 0 Å². The first kappa shape index (κ1) is 18.2. The molecule has 0 heterocycles. The molecule has 0 aliphatic carbocycles. The zero-order valence-electron chi connectivity index (χ0n) is 13.9. The standard InChI is InChI=1S/C17H26N2O3/c1-13(2)15-7-5-6-8-16(15)18-17(21)9-10-19(14(3)20)11-12-22-4/h5-8,13H,9-12H2,1-4H3,(H,18,21). The number of anilines is 1. The van der Waals surface area contributed by atoms with Crippen LogP contribution in [0.3, 0.4) is 0 Å². The second-order valence-electron chi connectivity index (χ2n) is 5.54. The average molecular weight is 306 g/mol. The van der Waals surface area contributed by atoms with Crippen LogP contribution in [-0.2, 0) is 14.3 Å². The number of para-hydroxylation sites is 1. The van der Waals surface area contributed by atoms with E-state index in [4.69, 9.17) is 4.74 Å². The van der Waals surface area contributed by atoms with Crippen molar-refractivity contribution in [3.63, 3.8) is 0 Å². The molecule has 1 N–H and O–H groups in total. The Morgan fingerprint density at radius 3 is 2.50 bits per heavy atom. The van der Waals surface area contributed by atoms with Crippen LogP contribution in [-0.4, -0.2) is 43.5 Å². The van der Waals surface area contributed by atoms with Gasteiger partial charge in [-0.3, -0.25) is 9.59 Å². The Balaban J connectivity index is 2.57. The topological polar surface area (TPSA) is 58.6 Å². The third kappa shape index (κ3) is 5.85. The van der Waals surface area contributed by atoms with Crippen LogP contribution in [0.15, 0.2) is 24.3 Å². The van der Waals surface area contributed by atoms with Gasteiger partial charge in [0.1, 0.15) is 0 Å². The number of amides is 2. The minimum absolute atomic E-state index is 0.0487. The monoisotopic (exact) mass is 306 g/mol. The number of hydrogen-bond acceptors (Lipinski definition) is 3. The second-order valence-corrected chi connectivity index (χ2v) is 5.54. The molecule has 22 heavy (non-hydrogen) atoms. The molecule has 5 nitrogen and oxygen atoms in total. The highest BCUT2D eigenvalue weighted by Gasteiger charge is 2.13. The molecule has 0 radical (unpaired) electrons. The molecule has 122 valence electrons. The van der Waals surface area contributed by atoms with Crippen molar-refractivity contribution in [1.82, 2.24) is 4.90 Å². The molecule has 1 aromatic carbocycles. The van der Waals surface area contributed by atoms with Gasteiger partial charge in [0.05, 0.1) is 6.61 Å². The molecule has 0 saturated carbocycles. The Morgan fingerprint density at radius 1 is 1.23 bits per heavy atom. The van der Waals surface area contributed by atoms with Crippen LogP contribution < -0.4 is 5.32 Å². The zero-order valence-corrected chi connectivity index (χ0v) is 13.9. The molecular formula is C17H26N2O3. The lowest BCUT2D eigenvalue weighted by atomic mass is 10.0. The molecule has 0 aliphatic rings. The van der Waals surface area contributed by atoms with Gasteiger partial charge in [-0.15, -0.1) is 0 Å². The number of methoxy groups -OCH3 is 1. The summed E-state index contributed by atoms with van der Waals surface area (Å²) in [6, 6.07) is 7.79. The first-order chi connectivity index (χ1) is 10.5. The van der Waals surface area contributed by atoms with Gasteiger partial charge in [-0.05, 0) is 17.5 Å². The summed E-state index contributed by atoms with van der Waals surface area (Å²) < 4.78 is 4.97. The number of nitrogens with zero attached hydrogens (tertiary/aromatic N) is 1. The quantitative estimate of drug-likeness (QED) is 0.803. The number of carbonyl (C=O) groups is 2. The van der Waals surface area contributed by atoms with E-state index < -0.39 is 0 Å². The van der Waals surface area contributed by atoms with Crippen molar-refractivity contribution in [3.8, 4) is 0 Å². The van der Waals surface area contributed by atoms with E-state index in [0.717, 1.165) is 11.3 Å². The van der Waals surface area contributed by atoms with Crippen molar-refractivity contribution >= 4 is 17.5 Å². The minimum atomic E-state index is -0.0863. The molecule has 1 aromatic rings. The molecule has 0 aromatic heterocycles. The third-order valence-electron chi connectivity index (χ3n) is 3.48. The lowest BCUT2D eigenvalue weighted by Crippen LogP contribution is -2.34. The van der Waals surface area contributed by atoms with Crippen molar-refractivity contribution in [1.29, 1.82) is 0 Å². The Bertz CT molecular complexity index is 500. The van der Waals surface area contributed by atoms with Crippen LogP contribution in [0.2, 0.25) is 0 Å². The van der Waals surface area contributed by atoms with Gasteiger partial charge in [-0.2, -0.15) is 0 Å². The number of hydrogen-bond donors (Lipinski definition) is 1. The number of rotatable bonds is 8. The predicted octanol–water partition coefficient (Wildman–Crippen LogP) is 2.63. The maximum Gasteiger partial charge on any atom is 0.226 e. The van der Waals surface area contributed by atoms with Crippen LogP contribution in [0.5, 0.6) is 0 Å². The van der Waals surface area contributed by atoms with Crippen molar-refractivity contribution in [3.05, 3.63) is 29.8 Å². The molecule has 5 heteroatoms. The number of ether oxygens (including phenoxy) is 1. The normalized spacial score (nSPS) is 10.6. The van der Waals surface area contributed by atoms with E-state index >= 15 is 0 Å². The summed E-state index contributed by atoms with van der Waals surface area (Å²) in [4.78, 5) is 25.2. The molecule has 0 aliphatic heterocycles. The van der Waals surface area contributed by atoms with Crippen LogP contribution in [0, 0.1) is 0 Å². The first-order valence-corrected chi connectivity index (χ1v) is 7.59. The van der Waals surface area contributed by atoms with Crippen molar-refractivity contribution < 1.29 is 14.3 Å². The Kier molecular flexibility index (Phi) is 7.60. The van der Waals surface area contributed by atoms with Gasteiger partial charge in [0.25, 0.3) is 0 Å². The summed E-state index contributed by atoms with van der Waals surface area (Å²) in [5.41, 5.74) is 1.95. The Morgan fingerprint density at radius 2 is 1.91 bits per heavy atom. The summed E-state index contributed by atoms with van der Waals surface area (Å²) in [7, 11) is 1.59. The van der Waals surface area contributed by atoms with Gasteiger partial charge >= 0.3 is 0 Å². The van der Waals surface area contributed by atoms with Crippen LogP contribution >= 0.6 is 0 Å². The fourth-order valence-electron chi connectivity index (χ4n) is 2.19. The number of carbonyl (C=O) groups excluding carboxylic acids is 2. The summed E-state index contributed by atoms with van der Waals surface area (Å²) >= 11 is 0. The largest absolute Gasteiger partial charge is 0.383 e. The fourth-order valence-corrected chi connectivity index (χ4v) is 2.19. The highest BCUT2D eigenvalue weighted by molar-refractivity contribution is 5.92. The van der Waals surface area contributed by atoms with E-state index in [1.165, 1.54) is 6.92 Å². The van der Waals surface area contributed by atoms with Gasteiger partial charge in [0.2, 0.25) is 11.8 Å². The van der Waals surface area contributed by atoms with Gasteiger partial charge in [0, 0.05) is 39.2 Å². The third-order valence-corrected chi connectivity index (χ3v) is 3.48. The maximum absolute atomic E-state index is 12.1. The summed E-state index contributed by atoms with van der Waals surface area (Å²) in [5, 5.41) is 2.93. The minimum Gasteiger partial charge on any atom is -0.383 e. The predicted molar refractivity (Wildman–Crippen MR) is 87.9 cm³/mol. The highest BCUT2D eigenvalue weighted by atomic mass is 16.5. The van der Waals surface area contributed by atoms with Crippen LogP contribution in [0.25, 0.3) is 0 Å². The van der Waals surface area contributed by atoms with E-state index in [1.807, 2.05) is 24.3 Å². The van der Waals surface area contributed by atoms with Gasteiger partial charge < -0.3 is 15.0 Å². The van der Waals surface area contributed by atoms with E-state index in [-0.39, 0.29) is 18.2 Å². The van der Waals surface area contributed by atoms with Crippen molar-refractivity contribution in [2.45, 2.75) is 33.1 Å². The fraction of sp³-hybridized carbons (Fsp3) is 0.529. The molecule has 0 atom stereocenters. The van der Waals surface area contributed by atoms with Crippen LogP contribution in [0.4, 0.5) is 5.69 Å². The second kappa shape index (κ2) is 9.20. The molecular weight excluding hydrogens is 280 g/mol. The maximum atomic E-state index is 12.1. The zero-order chi connectivity index (χ0) is 16.5. The van der Waals surface area contributed by atoms with E-state index in [0.29, 0.717) is 25.6 Å². The van der Waals surface area contributed by atoms with E-state index in [1.54, 1.807) is 12.0 Å². The molecule has 1 rings (SSSR count). The molecule has 2 amide bonds. The smallest absolute Gasteiger partial charge is 0.226 e. The lowest BCUT2D eigenvalue weighted by Gasteiger charge is -2.20. The Hall–Kier alpha value is -1.88. The SMILES string of the molecule is COCCN(CCC(=O)Nc1ccccc1C(C)C)C(C)=O. The van der Waals surface area contributed by atoms with Gasteiger partial charge in [-0.1, -0.05) is 32.0 Å². The molecule has 0 fully saturated rings. The Labute approximate surface area is 132 Å². The van der Waals surface area contributed by atoms with E-state index in [2.05, 4.69) is 19.2 Å². The highest BCUT2D eigenvalue weighted by Crippen LogP contribution is 2.23. The molecule has 0 spiro atoms. The van der Waals surface area contributed by atoms with Crippen molar-refractivity contribution in [2.24, 2.45) is 0 Å². The summed E-state index contributed by atoms with van der Waals surface area (Å²) in [5.74, 6) is 0.205. The van der Waals surface area contributed by atoms with Crippen LogP contribution in [0.1, 0.15) is 38.7 Å². The summed E-state index contributed by atoms with van der Waals surface area (Å²) in [6.07, 6.45) is 0.274. The summed E-state index contributed by atoms with van der Waals surface area (Å²) in [6.45, 7) is 7.05. The molecule has 0 saturated heterocycles. The van der Waals surface area contributed by atoms with Crippen molar-refractivity contribution in [2.75, 3.05) is 32.1 Å². The molecule has 0 bridgehead atoms. The molecule has 0 unspecified atom stereocenters. The van der Waals surface area contributed by atoms with E-state index in [9.17, 15) is 9.59 Å². The average Bonchev–Trinajstić information content (AvgIpc) is 2.47. The first-order valence-electron chi connectivity index (χ1n) is 7.59. The lowest BCUT2D eigenvalue weighted by molar-refractivity contribution is -0.130. The number of nitrogens with one attached hydrogen (secondary N) is 1.